The quantitative estimate of drug-likeness (QED) is 0.682. The number of rotatable bonds is 7. The van der Waals surface area contributed by atoms with Crippen LogP contribution in [0.1, 0.15) is 55.3 Å². The van der Waals surface area contributed by atoms with Crippen LogP contribution in [0.5, 0.6) is 5.88 Å². The molecule has 2 amide bonds. The third-order valence-corrected chi connectivity index (χ3v) is 6.46. The third-order valence-electron chi connectivity index (χ3n) is 6.46. The van der Waals surface area contributed by atoms with Crippen LogP contribution in [-0.2, 0) is 4.79 Å². The van der Waals surface area contributed by atoms with Crippen molar-refractivity contribution in [2.24, 2.45) is 11.1 Å². The summed E-state index contributed by atoms with van der Waals surface area (Å²) in [5.74, 6) is -0.0868. The molecule has 31 heavy (non-hydrogen) atoms. The lowest BCUT2D eigenvalue weighted by Gasteiger charge is -2.58. The second-order valence-corrected chi connectivity index (χ2v) is 8.79. The molecule has 0 radical (unpaired) electrons. The lowest BCUT2D eigenvalue weighted by atomic mass is 9.52. The molecule has 1 atom stereocenters. The first-order chi connectivity index (χ1) is 14.6. The van der Waals surface area contributed by atoms with Gasteiger partial charge in [0.15, 0.2) is 0 Å². The molecule has 1 aliphatic heterocycles. The second kappa shape index (κ2) is 7.72. The summed E-state index contributed by atoms with van der Waals surface area (Å²) in [5, 5.41) is 2.95. The molecule has 1 unspecified atom stereocenters. The van der Waals surface area contributed by atoms with E-state index in [1.165, 1.54) is 6.20 Å². The van der Waals surface area contributed by atoms with E-state index in [1.54, 1.807) is 17.0 Å². The number of carbonyl (C=O) groups excluding carboxylic acids is 2. The number of aromatic nitrogens is 1. The average molecular weight is 438 g/mol. The molecule has 7 nitrogen and oxygen atoms in total. The molecule has 1 spiro atoms. The third kappa shape index (κ3) is 4.33. The standard InChI is InChI=1S/C21H25F3N4O3/c1-12-27-16(5-2-6-21(22,23)24)19(30)28(12)13-8-20(9-13)10-14(11-20)31-18-15(17(25)29)4-3-7-26-18/h3-4,7,13-14,16,27H,1-2,5-6,8-11H2,(H2,25,29). The van der Waals surface area contributed by atoms with Gasteiger partial charge in [-0.15, -0.1) is 0 Å². The first-order valence-electron chi connectivity index (χ1n) is 10.3. The highest BCUT2D eigenvalue weighted by Gasteiger charge is 2.57. The Labute approximate surface area is 177 Å². The molecule has 0 bridgehead atoms. The first kappa shape index (κ1) is 21.5. The highest BCUT2D eigenvalue weighted by atomic mass is 19.4. The SMILES string of the molecule is C=C1NC(CCCC(F)(F)F)C(=O)N1C1CC2(CC(Oc3ncccc3C(N)=O)C2)C1. The van der Waals surface area contributed by atoms with Crippen molar-refractivity contribution in [1.29, 1.82) is 0 Å². The van der Waals surface area contributed by atoms with Crippen LogP contribution in [0.15, 0.2) is 30.7 Å². The van der Waals surface area contributed by atoms with Gasteiger partial charge in [-0.2, -0.15) is 13.2 Å². The van der Waals surface area contributed by atoms with Crippen molar-refractivity contribution < 1.29 is 27.5 Å². The maximum absolute atomic E-state index is 12.7. The smallest absolute Gasteiger partial charge is 0.389 e. The molecule has 0 aromatic carbocycles. The summed E-state index contributed by atoms with van der Waals surface area (Å²) in [5.41, 5.74) is 5.67. The van der Waals surface area contributed by atoms with E-state index in [4.69, 9.17) is 10.5 Å². The molecule has 1 aromatic rings. The number of halogens is 3. The molecular formula is C21H25F3N4O3. The van der Waals surface area contributed by atoms with Gasteiger partial charge in [-0.25, -0.2) is 4.98 Å². The van der Waals surface area contributed by atoms with Gasteiger partial charge in [-0.05, 0) is 56.1 Å². The van der Waals surface area contributed by atoms with Gasteiger partial charge in [0.2, 0.25) is 5.88 Å². The Bertz CT molecular complexity index is 890. The molecule has 2 aliphatic carbocycles. The van der Waals surface area contributed by atoms with Gasteiger partial charge in [-0.3, -0.25) is 14.5 Å². The van der Waals surface area contributed by atoms with E-state index in [9.17, 15) is 22.8 Å². The van der Waals surface area contributed by atoms with E-state index in [-0.39, 0.29) is 47.8 Å². The van der Waals surface area contributed by atoms with Crippen molar-refractivity contribution >= 4 is 11.8 Å². The maximum Gasteiger partial charge on any atom is 0.389 e. The number of nitrogens with one attached hydrogen (secondary N) is 1. The van der Waals surface area contributed by atoms with Crippen molar-refractivity contribution in [3.63, 3.8) is 0 Å². The Morgan fingerprint density at radius 3 is 2.71 bits per heavy atom. The number of alkyl halides is 3. The number of hydrogen-bond donors (Lipinski definition) is 2. The van der Waals surface area contributed by atoms with Crippen LogP contribution >= 0.6 is 0 Å². The van der Waals surface area contributed by atoms with Gasteiger partial charge in [0.1, 0.15) is 23.5 Å². The van der Waals surface area contributed by atoms with Gasteiger partial charge < -0.3 is 15.8 Å². The van der Waals surface area contributed by atoms with Crippen LogP contribution in [0.4, 0.5) is 13.2 Å². The topological polar surface area (TPSA) is 97.6 Å². The fourth-order valence-electron chi connectivity index (χ4n) is 5.01. The summed E-state index contributed by atoms with van der Waals surface area (Å²) in [4.78, 5) is 29.9. The zero-order valence-electron chi connectivity index (χ0n) is 17.0. The largest absolute Gasteiger partial charge is 0.474 e. The van der Waals surface area contributed by atoms with Crippen molar-refractivity contribution in [1.82, 2.24) is 15.2 Å². The highest BCUT2D eigenvalue weighted by Crippen LogP contribution is 2.58. The van der Waals surface area contributed by atoms with Crippen LogP contribution in [0.25, 0.3) is 0 Å². The fraction of sp³-hybridized carbons (Fsp3) is 0.571. The first-order valence-corrected chi connectivity index (χ1v) is 10.3. The highest BCUT2D eigenvalue weighted by molar-refractivity contribution is 5.94. The van der Waals surface area contributed by atoms with Gasteiger partial charge in [0.25, 0.3) is 11.8 Å². The maximum atomic E-state index is 12.7. The zero-order valence-corrected chi connectivity index (χ0v) is 17.0. The predicted molar refractivity (Wildman–Crippen MR) is 105 cm³/mol. The lowest BCUT2D eigenvalue weighted by Crippen LogP contribution is -2.59. The van der Waals surface area contributed by atoms with Gasteiger partial charge in [-0.1, -0.05) is 6.58 Å². The number of amides is 2. The number of primary amides is 1. The number of nitrogens with two attached hydrogens (primary N) is 1. The van der Waals surface area contributed by atoms with Crippen LogP contribution in [0.3, 0.4) is 0 Å². The van der Waals surface area contributed by atoms with Gasteiger partial charge in [0, 0.05) is 18.7 Å². The van der Waals surface area contributed by atoms with E-state index >= 15 is 0 Å². The molecule has 10 heteroatoms. The Hall–Kier alpha value is -2.78. The van der Waals surface area contributed by atoms with Crippen LogP contribution in [0, 0.1) is 5.41 Å². The van der Waals surface area contributed by atoms with Crippen LogP contribution in [-0.4, -0.2) is 46.1 Å². The zero-order chi connectivity index (χ0) is 22.4. The number of nitrogens with zero attached hydrogens (tertiary/aromatic N) is 2. The van der Waals surface area contributed by atoms with E-state index in [0.29, 0.717) is 5.82 Å². The van der Waals surface area contributed by atoms with E-state index in [2.05, 4.69) is 16.9 Å². The number of carbonyl (C=O) groups is 2. The van der Waals surface area contributed by atoms with Gasteiger partial charge >= 0.3 is 6.18 Å². The van der Waals surface area contributed by atoms with Crippen molar-refractivity contribution in [2.75, 3.05) is 0 Å². The Kier molecular flexibility index (Phi) is 5.35. The van der Waals surface area contributed by atoms with Crippen molar-refractivity contribution in [2.45, 2.75) is 69.3 Å². The molecule has 1 saturated heterocycles. The summed E-state index contributed by atoms with van der Waals surface area (Å²) in [6.45, 7) is 3.88. The second-order valence-electron chi connectivity index (χ2n) is 8.79. The van der Waals surface area contributed by atoms with Crippen molar-refractivity contribution in [3.8, 4) is 5.88 Å². The number of ether oxygens (including phenoxy) is 1. The molecular weight excluding hydrogens is 413 g/mol. The summed E-state index contributed by atoms with van der Waals surface area (Å²) in [6.07, 6.45) is -0.445. The Balaban J connectivity index is 1.26. The van der Waals surface area contributed by atoms with Crippen LogP contribution in [0.2, 0.25) is 0 Å². The minimum atomic E-state index is -4.21. The molecule has 2 saturated carbocycles. The molecule has 4 rings (SSSR count). The molecule has 2 heterocycles. The summed E-state index contributed by atoms with van der Waals surface area (Å²) in [7, 11) is 0. The minimum Gasteiger partial charge on any atom is -0.474 e. The van der Waals surface area contributed by atoms with E-state index < -0.39 is 24.5 Å². The molecule has 3 N–H and O–H groups in total. The number of hydrogen-bond acceptors (Lipinski definition) is 5. The van der Waals surface area contributed by atoms with E-state index in [0.717, 1.165) is 25.7 Å². The Morgan fingerprint density at radius 2 is 2.06 bits per heavy atom. The fourth-order valence-corrected chi connectivity index (χ4v) is 5.01. The van der Waals surface area contributed by atoms with Crippen molar-refractivity contribution in [3.05, 3.63) is 36.3 Å². The average Bonchev–Trinajstić information content (AvgIpc) is 2.89. The summed E-state index contributed by atoms with van der Waals surface area (Å²) in [6, 6.07) is 2.55. The molecule has 168 valence electrons. The monoisotopic (exact) mass is 438 g/mol. The number of pyridine rings is 1. The molecule has 3 fully saturated rings. The lowest BCUT2D eigenvalue weighted by molar-refractivity contribution is -0.144. The normalized spacial score (nSPS) is 30.0. The minimum absolute atomic E-state index is 0.00269. The summed E-state index contributed by atoms with van der Waals surface area (Å²) < 4.78 is 42.9. The Morgan fingerprint density at radius 1 is 1.35 bits per heavy atom. The summed E-state index contributed by atoms with van der Waals surface area (Å²) >= 11 is 0. The van der Waals surface area contributed by atoms with Crippen LogP contribution < -0.4 is 15.8 Å². The molecule has 3 aliphatic rings. The van der Waals surface area contributed by atoms with Gasteiger partial charge in [0.05, 0.1) is 0 Å². The molecule has 1 aromatic heterocycles. The predicted octanol–water partition coefficient (Wildman–Crippen LogP) is 2.87. The van der Waals surface area contributed by atoms with E-state index in [1.807, 2.05) is 0 Å².